The van der Waals surface area contributed by atoms with E-state index >= 15 is 0 Å². The lowest BCUT2D eigenvalue weighted by molar-refractivity contribution is 0.0148. The maximum absolute atomic E-state index is 10.3. The molecule has 2 saturated carbocycles. The highest BCUT2D eigenvalue weighted by atomic mass is 16.3. The first-order valence-electron chi connectivity index (χ1n) is 6.46. The molecule has 2 rings (SSSR count). The van der Waals surface area contributed by atoms with Gasteiger partial charge in [0.05, 0.1) is 6.10 Å². The maximum atomic E-state index is 10.3. The fourth-order valence-corrected chi connectivity index (χ4v) is 2.86. The molecular formula is C13H25NO. The van der Waals surface area contributed by atoms with Crippen LogP contribution < -0.4 is 0 Å². The second-order valence-electron chi connectivity index (χ2n) is 6.07. The summed E-state index contributed by atoms with van der Waals surface area (Å²) in [6.07, 6.45) is 5.02. The zero-order valence-corrected chi connectivity index (χ0v) is 10.4. The monoisotopic (exact) mass is 211 g/mol. The van der Waals surface area contributed by atoms with Crippen molar-refractivity contribution in [2.24, 2.45) is 11.3 Å². The minimum absolute atomic E-state index is 0.127. The van der Waals surface area contributed by atoms with Crippen molar-refractivity contribution < 1.29 is 5.11 Å². The van der Waals surface area contributed by atoms with Gasteiger partial charge in [0.15, 0.2) is 0 Å². The number of aliphatic hydroxyl groups excluding tert-OH is 1. The Morgan fingerprint density at radius 3 is 2.33 bits per heavy atom. The Morgan fingerprint density at radius 1 is 1.27 bits per heavy atom. The van der Waals surface area contributed by atoms with E-state index in [-0.39, 0.29) is 11.5 Å². The summed E-state index contributed by atoms with van der Waals surface area (Å²) in [4.78, 5) is 2.51. The average Bonchev–Trinajstić information content (AvgIpc) is 2.95. The maximum Gasteiger partial charge on any atom is 0.0746 e. The molecule has 2 unspecified atom stereocenters. The molecule has 2 aliphatic rings. The van der Waals surface area contributed by atoms with E-state index in [2.05, 4.69) is 25.7 Å². The van der Waals surface area contributed by atoms with Crippen LogP contribution >= 0.6 is 0 Å². The molecule has 0 radical (unpaired) electrons. The lowest BCUT2D eigenvalue weighted by Gasteiger charge is -2.33. The standard InChI is InChI=1S/C13H25NO/c1-4-14(9-10-5-6-10)11-7-8-13(2,3)12(11)15/h10-12,15H,4-9H2,1-3H3. The second-order valence-corrected chi connectivity index (χ2v) is 6.07. The molecule has 2 heteroatoms. The molecule has 0 bridgehead atoms. The normalized spacial score (nSPS) is 35.0. The van der Waals surface area contributed by atoms with Crippen molar-refractivity contribution in [1.82, 2.24) is 4.90 Å². The van der Waals surface area contributed by atoms with Gasteiger partial charge in [0.1, 0.15) is 0 Å². The van der Waals surface area contributed by atoms with Crippen LogP contribution in [0.2, 0.25) is 0 Å². The van der Waals surface area contributed by atoms with E-state index in [9.17, 15) is 5.11 Å². The van der Waals surface area contributed by atoms with Crippen molar-refractivity contribution in [1.29, 1.82) is 0 Å². The van der Waals surface area contributed by atoms with E-state index in [1.807, 2.05) is 0 Å². The van der Waals surface area contributed by atoms with Crippen LogP contribution in [0.1, 0.15) is 46.5 Å². The summed E-state index contributed by atoms with van der Waals surface area (Å²) in [7, 11) is 0. The number of nitrogens with zero attached hydrogens (tertiary/aromatic N) is 1. The molecule has 0 aromatic carbocycles. The van der Waals surface area contributed by atoms with E-state index in [4.69, 9.17) is 0 Å². The molecule has 2 aliphatic carbocycles. The van der Waals surface area contributed by atoms with Gasteiger partial charge in [-0.3, -0.25) is 4.90 Å². The number of hydrogen-bond donors (Lipinski definition) is 1. The number of likely N-dealkylation sites (N-methyl/N-ethyl adjacent to an activating group) is 1. The van der Waals surface area contributed by atoms with Crippen LogP contribution in [0.5, 0.6) is 0 Å². The highest BCUT2D eigenvalue weighted by molar-refractivity contribution is 4.97. The summed E-state index contributed by atoms with van der Waals surface area (Å²) in [6, 6.07) is 0.422. The lowest BCUT2D eigenvalue weighted by Crippen LogP contribution is -2.44. The van der Waals surface area contributed by atoms with Gasteiger partial charge in [-0.1, -0.05) is 20.8 Å². The molecule has 1 N–H and O–H groups in total. The van der Waals surface area contributed by atoms with Gasteiger partial charge in [-0.15, -0.1) is 0 Å². The van der Waals surface area contributed by atoms with Crippen molar-refractivity contribution in [3.05, 3.63) is 0 Å². The van der Waals surface area contributed by atoms with Gasteiger partial charge in [-0.25, -0.2) is 0 Å². The van der Waals surface area contributed by atoms with Gasteiger partial charge in [-0.2, -0.15) is 0 Å². The van der Waals surface area contributed by atoms with Crippen molar-refractivity contribution in [2.75, 3.05) is 13.1 Å². The van der Waals surface area contributed by atoms with Gasteiger partial charge in [0, 0.05) is 12.6 Å². The first-order chi connectivity index (χ1) is 7.04. The molecule has 0 aromatic heterocycles. The van der Waals surface area contributed by atoms with Crippen LogP contribution in [0.15, 0.2) is 0 Å². The number of aliphatic hydroxyl groups is 1. The van der Waals surface area contributed by atoms with Crippen molar-refractivity contribution in [3.8, 4) is 0 Å². The smallest absolute Gasteiger partial charge is 0.0746 e. The topological polar surface area (TPSA) is 23.5 Å². The largest absolute Gasteiger partial charge is 0.391 e. The molecule has 0 amide bonds. The zero-order valence-electron chi connectivity index (χ0n) is 10.4. The molecule has 88 valence electrons. The first kappa shape index (κ1) is 11.4. The van der Waals surface area contributed by atoms with Crippen LogP contribution in [-0.2, 0) is 0 Å². The van der Waals surface area contributed by atoms with Gasteiger partial charge >= 0.3 is 0 Å². The summed E-state index contributed by atoms with van der Waals surface area (Å²) in [5.74, 6) is 0.931. The summed E-state index contributed by atoms with van der Waals surface area (Å²) in [6.45, 7) is 8.92. The van der Waals surface area contributed by atoms with Gasteiger partial charge in [-0.05, 0) is 43.6 Å². The average molecular weight is 211 g/mol. The predicted octanol–water partition coefficient (Wildman–Crippen LogP) is 2.27. The third-order valence-corrected chi connectivity index (χ3v) is 4.31. The highest BCUT2D eigenvalue weighted by Gasteiger charge is 2.43. The summed E-state index contributed by atoms with van der Waals surface area (Å²) < 4.78 is 0. The quantitative estimate of drug-likeness (QED) is 0.771. The van der Waals surface area contributed by atoms with Crippen LogP contribution in [0.4, 0.5) is 0 Å². The fraction of sp³-hybridized carbons (Fsp3) is 1.00. The SMILES string of the molecule is CCN(CC1CC1)C1CCC(C)(C)C1O. The molecule has 0 spiro atoms. The minimum Gasteiger partial charge on any atom is -0.391 e. The van der Waals surface area contributed by atoms with E-state index < -0.39 is 0 Å². The Labute approximate surface area is 93.7 Å². The van der Waals surface area contributed by atoms with Gasteiger partial charge in [0.25, 0.3) is 0 Å². The van der Waals surface area contributed by atoms with Crippen molar-refractivity contribution >= 4 is 0 Å². The van der Waals surface area contributed by atoms with Crippen LogP contribution in [0.25, 0.3) is 0 Å². The highest BCUT2D eigenvalue weighted by Crippen LogP contribution is 2.41. The lowest BCUT2D eigenvalue weighted by atomic mass is 9.88. The summed E-state index contributed by atoms with van der Waals surface area (Å²) in [5, 5.41) is 10.3. The molecule has 15 heavy (non-hydrogen) atoms. The first-order valence-corrected chi connectivity index (χ1v) is 6.46. The Morgan fingerprint density at radius 2 is 1.93 bits per heavy atom. The minimum atomic E-state index is -0.129. The van der Waals surface area contributed by atoms with E-state index in [0.717, 1.165) is 12.5 Å². The van der Waals surface area contributed by atoms with Gasteiger partial charge in [0.2, 0.25) is 0 Å². The van der Waals surface area contributed by atoms with E-state index in [1.165, 1.54) is 32.2 Å². The molecule has 0 heterocycles. The molecule has 2 fully saturated rings. The molecular weight excluding hydrogens is 186 g/mol. The third kappa shape index (κ3) is 2.36. The third-order valence-electron chi connectivity index (χ3n) is 4.31. The Bertz CT molecular complexity index is 223. The van der Waals surface area contributed by atoms with Crippen LogP contribution in [0, 0.1) is 11.3 Å². The van der Waals surface area contributed by atoms with E-state index in [0.29, 0.717) is 6.04 Å². The van der Waals surface area contributed by atoms with Gasteiger partial charge < -0.3 is 5.11 Å². The van der Waals surface area contributed by atoms with Crippen molar-refractivity contribution in [3.63, 3.8) is 0 Å². The Kier molecular flexibility index (Phi) is 3.09. The van der Waals surface area contributed by atoms with Crippen molar-refractivity contribution in [2.45, 2.75) is 58.6 Å². The summed E-state index contributed by atoms with van der Waals surface area (Å²) >= 11 is 0. The summed E-state index contributed by atoms with van der Waals surface area (Å²) in [5.41, 5.74) is 0.127. The predicted molar refractivity (Wildman–Crippen MR) is 62.8 cm³/mol. The van der Waals surface area contributed by atoms with Crippen LogP contribution in [-0.4, -0.2) is 35.2 Å². The van der Waals surface area contributed by atoms with Crippen LogP contribution in [0.3, 0.4) is 0 Å². The zero-order chi connectivity index (χ0) is 11.1. The molecule has 2 atom stereocenters. The molecule has 0 aromatic rings. The fourth-order valence-electron chi connectivity index (χ4n) is 2.86. The number of rotatable bonds is 4. The number of hydrogen-bond acceptors (Lipinski definition) is 2. The molecule has 0 saturated heterocycles. The Hall–Kier alpha value is -0.0800. The Balaban J connectivity index is 1.95. The molecule has 0 aliphatic heterocycles. The second kappa shape index (κ2) is 4.06. The van der Waals surface area contributed by atoms with E-state index in [1.54, 1.807) is 0 Å². The molecule has 2 nitrogen and oxygen atoms in total.